The van der Waals surface area contributed by atoms with Crippen molar-refractivity contribution in [2.45, 2.75) is 0 Å². The van der Waals surface area contributed by atoms with Gasteiger partial charge in [0.2, 0.25) is 0 Å². The van der Waals surface area contributed by atoms with Crippen molar-refractivity contribution in [2.75, 3.05) is 11.1 Å². The summed E-state index contributed by atoms with van der Waals surface area (Å²) in [6, 6.07) is 10.7. The number of hydrogen-bond donors (Lipinski definition) is 2. The van der Waals surface area contributed by atoms with E-state index in [1.807, 2.05) is 23.6 Å². The van der Waals surface area contributed by atoms with Crippen LogP contribution >= 0.6 is 22.7 Å². The van der Waals surface area contributed by atoms with Gasteiger partial charge in [-0.25, -0.2) is 0 Å². The second-order valence-corrected chi connectivity index (χ2v) is 6.16. The Morgan fingerprint density at radius 2 is 2.10 bits per heavy atom. The summed E-state index contributed by atoms with van der Waals surface area (Å²) < 4.78 is 2.21. The highest BCUT2D eigenvalue weighted by atomic mass is 32.1. The van der Waals surface area contributed by atoms with Gasteiger partial charge >= 0.3 is 0 Å². The minimum atomic E-state index is -0.185. The Balaban J connectivity index is 1.85. The molecule has 6 heteroatoms. The summed E-state index contributed by atoms with van der Waals surface area (Å²) >= 11 is 3.06. The van der Waals surface area contributed by atoms with Gasteiger partial charge in [-0.1, -0.05) is 0 Å². The number of fused-ring (bicyclic) bond motifs is 1. The minimum Gasteiger partial charge on any atom is -0.397 e. The summed E-state index contributed by atoms with van der Waals surface area (Å²) in [6.07, 6.45) is 0. The molecule has 1 amide bonds. The monoisotopic (exact) mass is 299 g/mol. The lowest BCUT2D eigenvalue weighted by Gasteiger charge is -2.07. The lowest BCUT2D eigenvalue weighted by Crippen LogP contribution is -2.11. The van der Waals surface area contributed by atoms with Crippen molar-refractivity contribution in [3.05, 3.63) is 46.2 Å². The van der Waals surface area contributed by atoms with Crippen LogP contribution in [0.15, 0.2) is 35.7 Å². The highest BCUT2D eigenvalue weighted by Crippen LogP contribution is 2.30. The van der Waals surface area contributed by atoms with Gasteiger partial charge in [0.25, 0.3) is 5.91 Å². The number of rotatable bonds is 2. The van der Waals surface area contributed by atoms with Crippen LogP contribution in [0.5, 0.6) is 0 Å². The number of nitrogens with two attached hydrogens (primary N) is 1. The molecule has 0 aliphatic carbocycles. The molecule has 0 radical (unpaired) electrons. The Hall–Kier alpha value is -2.36. The zero-order chi connectivity index (χ0) is 14.1. The van der Waals surface area contributed by atoms with Crippen molar-refractivity contribution in [3.8, 4) is 6.07 Å². The maximum Gasteiger partial charge on any atom is 0.265 e. The second kappa shape index (κ2) is 4.96. The molecule has 3 rings (SSSR count). The van der Waals surface area contributed by atoms with Gasteiger partial charge in [-0.15, -0.1) is 22.7 Å². The fraction of sp³-hybridized carbons (Fsp3) is 0. The van der Waals surface area contributed by atoms with Gasteiger partial charge in [0.15, 0.2) is 0 Å². The van der Waals surface area contributed by atoms with Crippen molar-refractivity contribution in [3.63, 3.8) is 0 Å². The van der Waals surface area contributed by atoms with Crippen LogP contribution in [-0.2, 0) is 0 Å². The molecular formula is C14H9N3OS2. The quantitative estimate of drug-likeness (QED) is 0.709. The molecule has 2 aromatic heterocycles. The predicted octanol–water partition coefficient (Wildman–Crippen LogP) is 3.67. The molecule has 0 unspecified atom stereocenters. The summed E-state index contributed by atoms with van der Waals surface area (Å²) in [5.41, 5.74) is 7.19. The van der Waals surface area contributed by atoms with Gasteiger partial charge < -0.3 is 11.1 Å². The molecule has 0 bridgehead atoms. The molecule has 0 atom stereocenters. The van der Waals surface area contributed by atoms with Crippen LogP contribution in [0.4, 0.5) is 11.4 Å². The second-order valence-electron chi connectivity index (χ2n) is 4.13. The van der Waals surface area contributed by atoms with Gasteiger partial charge in [0.05, 0.1) is 27.9 Å². The summed E-state index contributed by atoms with van der Waals surface area (Å²) in [6.45, 7) is 0. The molecule has 20 heavy (non-hydrogen) atoms. The lowest BCUT2D eigenvalue weighted by atomic mass is 10.2. The van der Waals surface area contributed by atoms with Crippen LogP contribution in [0.3, 0.4) is 0 Å². The van der Waals surface area contributed by atoms with E-state index in [2.05, 4.69) is 5.32 Å². The molecular weight excluding hydrogens is 290 g/mol. The molecule has 1 aromatic carbocycles. The molecule has 98 valence electrons. The molecule has 3 aromatic rings. The molecule has 4 nitrogen and oxygen atoms in total. The number of nitrogen functional groups attached to an aromatic ring is 1. The van der Waals surface area contributed by atoms with Crippen molar-refractivity contribution < 1.29 is 4.79 Å². The largest absolute Gasteiger partial charge is 0.397 e. The van der Waals surface area contributed by atoms with E-state index < -0.39 is 0 Å². The minimum absolute atomic E-state index is 0.185. The number of carbonyl (C=O) groups excluding carboxylic acids is 1. The maximum absolute atomic E-state index is 12.2. The SMILES string of the molecule is N#Cc1ccc(NC(=O)c2cc3sccc3s2)c(N)c1. The number of benzene rings is 1. The van der Waals surface area contributed by atoms with Crippen LogP contribution < -0.4 is 11.1 Å². The van der Waals surface area contributed by atoms with Crippen LogP contribution in [0.2, 0.25) is 0 Å². The summed E-state index contributed by atoms with van der Waals surface area (Å²) in [4.78, 5) is 12.8. The first-order valence-corrected chi connectivity index (χ1v) is 7.45. The Bertz CT molecular complexity index is 813. The molecule has 2 heterocycles. The van der Waals surface area contributed by atoms with E-state index in [1.165, 1.54) is 11.3 Å². The maximum atomic E-state index is 12.2. The molecule has 0 aliphatic heterocycles. The van der Waals surface area contributed by atoms with E-state index in [0.29, 0.717) is 21.8 Å². The molecule has 0 spiro atoms. The first kappa shape index (κ1) is 12.7. The number of thiophene rings is 2. The number of nitrogens with one attached hydrogen (secondary N) is 1. The van der Waals surface area contributed by atoms with E-state index in [-0.39, 0.29) is 5.91 Å². The Morgan fingerprint density at radius 1 is 1.25 bits per heavy atom. The first-order chi connectivity index (χ1) is 9.67. The number of amides is 1. The lowest BCUT2D eigenvalue weighted by molar-refractivity contribution is 0.103. The Kier molecular flexibility index (Phi) is 3.14. The molecule has 0 saturated heterocycles. The van der Waals surface area contributed by atoms with E-state index in [0.717, 1.165) is 9.40 Å². The summed E-state index contributed by atoms with van der Waals surface area (Å²) in [5, 5.41) is 13.6. The zero-order valence-corrected chi connectivity index (χ0v) is 11.8. The molecule has 0 aliphatic rings. The molecule has 3 N–H and O–H groups in total. The fourth-order valence-electron chi connectivity index (χ4n) is 1.81. The van der Waals surface area contributed by atoms with Crippen LogP contribution in [-0.4, -0.2) is 5.91 Å². The van der Waals surface area contributed by atoms with Crippen LogP contribution in [0.1, 0.15) is 15.2 Å². The highest BCUT2D eigenvalue weighted by Gasteiger charge is 2.12. The average molecular weight is 299 g/mol. The van der Waals surface area contributed by atoms with E-state index in [4.69, 9.17) is 11.0 Å². The van der Waals surface area contributed by atoms with Gasteiger partial charge in [0.1, 0.15) is 0 Å². The van der Waals surface area contributed by atoms with Crippen molar-refractivity contribution in [2.24, 2.45) is 0 Å². The molecule has 0 fully saturated rings. The van der Waals surface area contributed by atoms with Crippen LogP contribution in [0.25, 0.3) is 9.40 Å². The number of anilines is 2. The van der Waals surface area contributed by atoms with E-state index >= 15 is 0 Å². The van der Waals surface area contributed by atoms with E-state index in [1.54, 1.807) is 29.5 Å². The number of nitriles is 1. The number of nitrogens with zero attached hydrogens (tertiary/aromatic N) is 1. The zero-order valence-electron chi connectivity index (χ0n) is 10.2. The van der Waals surface area contributed by atoms with Crippen molar-refractivity contribution in [1.82, 2.24) is 0 Å². The van der Waals surface area contributed by atoms with Gasteiger partial charge in [-0.3, -0.25) is 4.79 Å². The highest BCUT2D eigenvalue weighted by molar-refractivity contribution is 7.27. The Morgan fingerprint density at radius 3 is 2.80 bits per heavy atom. The van der Waals surface area contributed by atoms with Gasteiger partial charge in [-0.2, -0.15) is 5.26 Å². The van der Waals surface area contributed by atoms with E-state index in [9.17, 15) is 4.79 Å². The van der Waals surface area contributed by atoms with Gasteiger partial charge in [0, 0.05) is 9.40 Å². The normalized spacial score (nSPS) is 10.3. The van der Waals surface area contributed by atoms with Crippen molar-refractivity contribution >= 4 is 49.4 Å². The standard InChI is InChI=1S/C14H9N3OS2/c15-7-8-1-2-10(9(16)5-8)17-14(18)13-6-12-11(20-13)3-4-19-12/h1-6H,16H2,(H,17,18). The third kappa shape index (κ3) is 2.25. The molecule has 0 saturated carbocycles. The summed E-state index contributed by atoms with van der Waals surface area (Å²) in [5.74, 6) is -0.185. The topological polar surface area (TPSA) is 78.9 Å². The number of hydrogen-bond acceptors (Lipinski definition) is 5. The summed E-state index contributed by atoms with van der Waals surface area (Å²) in [7, 11) is 0. The average Bonchev–Trinajstić information content (AvgIpc) is 3.01. The van der Waals surface area contributed by atoms with Crippen molar-refractivity contribution in [1.29, 1.82) is 5.26 Å². The Labute approximate surface area is 123 Å². The fourth-order valence-corrected chi connectivity index (χ4v) is 3.81. The third-order valence-electron chi connectivity index (χ3n) is 2.79. The first-order valence-electron chi connectivity index (χ1n) is 5.75. The number of carbonyl (C=O) groups is 1. The third-order valence-corrected chi connectivity index (χ3v) is 4.88. The van der Waals surface area contributed by atoms with Crippen LogP contribution in [0, 0.1) is 11.3 Å². The smallest absolute Gasteiger partial charge is 0.265 e. The van der Waals surface area contributed by atoms with Gasteiger partial charge in [-0.05, 0) is 35.7 Å². The predicted molar refractivity (Wildman–Crippen MR) is 83.2 cm³/mol.